The Balaban J connectivity index is 1.27. The Morgan fingerprint density at radius 3 is 2.85 bits per heavy atom. The van der Waals surface area contributed by atoms with E-state index in [1.807, 2.05) is 18.2 Å². The van der Waals surface area contributed by atoms with Gasteiger partial charge in [0, 0.05) is 28.5 Å². The minimum absolute atomic E-state index is 0.109. The zero-order valence-electron chi connectivity index (χ0n) is 15.7. The van der Waals surface area contributed by atoms with E-state index in [-0.39, 0.29) is 11.8 Å². The number of aryl methyl sites for hydroxylation is 1. The van der Waals surface area contributed by atoms with Crippen LogP contribution < -0.4 is 9.64 Å². The lowest BCUT2D eigenvalue weighted by Gasteiger charge is -2.30. The molecule has 2 aliphatic carbocycles. The summed E-state index contributed by atoms with van der Waals surface area (Å²) in [5, 5.41) is 0. The van der Waals surface area contributed by atoms with Crippen molar-refractivity contribution < 1.29 is 9.53 Å². The van der Waals surface area contributed by atoms with Crippen LogP contribution in [-0.4, -0.2) is 19.1 Å². The Bertz CT molecular complexity index is 925. The standard InChI is InChI=1S/C23H24BrNO2/c1-13-5-3-8-21(14(13)2)27-12-16-10-18(16)23(26)25-11-15-9-17(15)22-19(24)6-4-7-20(22)25/h3-8,15-18H,9-12H2,1-2H3. The number of amides is 1. The Hall–Kier alpha value is -1.81. The molecule has 2 saturated carbocycles. The molecule has 0 aromatic heterocycles. The maximum absolute atomic E-state index is 13.2. The van der Waals surface area contributed by atoms with Crippen molar-refractivity contribution in [3.63, 3.8) is 0 Å². The molecule has 4 unspecified atom stereocenters. The third kappa shape index (κ3) is 2.98. The molecule has 1 aliphatic heterocycles. The van der Waals surface area contributed by atoms with Crippen LogP contribution >= 0.6 is 15.9 Å². The molecular weight excluding hydrogens is 402 g/mol. The Morgan fingerprint density at radius 1 is 1.19 bits per heavy atom. The molecule has 2 fully saturated rings. The summed E-state index contributed by atoms with van der Waals surface area (Å²) in [6, 6.07) is 12.4. The third-order valence-corrected chi connectivity index (χ3v) is 7.24. The first-order valence-corrected chi connectivity index (χ1v) is 10.6. The van der Waals surface area contributed by atoms with Crippen molar-refractivity contribution in [3.8, 4) is 5.75 Å². The van der Waals surface area contributed by atoms with E-state index in [2.05, 4.69) is 52.9 Å². The van der Waals surface area contributed by atoms with E-state index >= 15 is 0 Å². The van der Waals surface area contributed by atoms with Gasteiger partial charge in [0.1, 0.15) is 5.75 Å². The van der Waals surface area contributed by atoms with Gasteiger partial charge in [0.2, 0.25) is 5.91 Å². The zero-order chi connectivity index (χ0) is 18.7. The molecule has 3 aliphatic rings. The van der Waals surface area contributed by atoms with Crippen LogP contribution in [0.5, 0.6) is 5.75 Å². The van der Waals surface area contributed by atoms with E-state index in [1.54, 1.807) is 0 Å². The van der Waals surface area contributed by atoms with E-state index in [1.165, 1.54) is 23.1 Å². The number of carbonyl (C=O) groups excluding carboxylic acids is 1. The summed E-state index contributed by atoms with van der Waals surface area (Å²) >= 11 is 3.70. The number of anilines is 1. The topological polar surface area (TPSA) is 29.5 Å². The first kappa shape index (κ1) is 17.3. The highest BCUT2D eigenvalue weighted by Crippen LogP contribution is 2.57. The van der Waals surface area contributed by atoms with Gasteiger partial charge >= 0.3 is 0 Å². The summed E-state index contributed by atoms with van der Waals surface area (Å²) in [7, 11) is 0. The molecule has 4 heteroatoms. The number of hydrogen-bond acceptors (Lipinski definition) is 2. The third-order valence-electron chi connectivity index (χ3n) is 6.54. The van der Waals surface area contributed by atoms with Crippen molar-refractivity contribution in [2.24, 2.45) is 17.8 Å². The summed E-state index contributed by atoms with van der Waals surface area (Å²) in [6.07, 6.45) is 2.15. The van der Waals surface area contributed by atoms with Gasteiger partial charge in [-0.2, -0.15) is 0 Å². The number of hydrogen-bond donors (Lipinski definition) is 0. The number of ether oxygens (including phenoxy) is 1. The monoisotopic (exact) mass is 425 g/mol. The van der Waals surface area contributed by atoms with Crippen molar-refractivity contribution in [1.29, 1.82) is 0 Å². The van der Waals surface area contributed by atoms with E-state index in [0.717, 1.165) is 28.9 Å². The molecule has 1 amide bonds. The van der Waals surface area contributed by atoms with Gasteiger partial charge in [0.25, 0.3) is 0 Å². The Labute approximate surface area is 168 Å². The molecule has 0 radical (unpaired) electrons. The van der Waals surface area contributed by atoms with E-state index in [9.17, 15) is 4.79 Å². The number of fused-ring (bicyclic) bond motifs is 3. The minimum Gasteiger partial charge on any atom is -0.493 e. The number of nitrogens with zero attached hydrogens (tertiary/aromatic N) is 1. The van der Waals surface area contributed by atoms with Crippen LogP contribution in [0, 0.1) is 31.6 Å². The van der Waals surface area contributed by atoms with Gasteiger partial charge in [0.15, 0.2) is 0 Å². The number of rotatable bonds is 4. The predicted molar refractivity (Wildman–Crippen MR) is 110 cm³/mol. The first-order chi connectivity index (χ1) is 13.0. The highest BCUT2D eigenvalue weighted by Gasteiger charge is 2.51. The van der Waals surface area contributed by atoms with Gasteiger partial charge in [-0.05, 0) is 73.4 Å². The fourth-order valence-corrected chi connectivity index (χ4v) is 5.13. The van der Waals surface area contributed by atoms with Crippen molar-refractivity contribution in [1.82, 2.24) is 0 Å². The lowest BCUT2D eigenvalue weighted by Crippen LogP contribution is -2.37. The molecule has 0 bridgehead atoms. The van der Waals surface area contributed by atoms with Gasteiger partial charge in [0.05, 0.1) is 6.61 Å². The van der Waals surface area contributed by atoms with Gasteiger partial charge in [-0.15, -0.1) is 0 Å². The molecule has 2 aromatic rings. The molecule has 4 atom stereocenters. The van der Waals surface area contributed by atoms with Crippen LogP contribution in [0.1, 0.15) is 35.4 Å². The molecule has 0 saturated heterocycles. The van der Waals surface area contributed by atoms with Crippen molar-refractivity contribution >= 4 is 27.5 Å². The van der Waals surface area contributed by atoms with Crippen LogP contribution in [0.3, 0.4) is 0 Å². The van der Waals surface area contributed by atoms with E-state index in [0.29, 0.717) is 24.4 Å². The first-order valence-electron chi connectivity index (χ1n) is 9.83. The SMILES string of the molecule is Cc1cccc(OCC2CC2C(=O)N2CC3CC3c3c(Br)cccc32)c1C. The zero-order valence-corrected chi connectivity index (χ0v) is 17.3. The molecule has 5 rings (SSSR count). The predicted octanol–water partition coefficient (Wildman–Crippen LogP) is 5.23. The van der Waals surface area contributed by atoms with Gasteiger partial charge in [-0.25, -0.2) is 0 Å². The molecule has 3 nitrogen and oxygen atoms in total. The van der Waals surface area contributed by atoms with Gasteiger partial charge in [-0.3, -0.25) is 4.79 Å². The second-order valence-electron chi connectivity index (χ2n) is 8.34. The second-order valence-corrected chi connectivity index (χ2v) is 9.19. The van der Waals surface area contributed by atoms with Crippen LogP contribution in [0.2, 0.25) is 0 Å². The normalized spacial score (nSPS) is 27.6. The average molecular weight is 426 g/mol. The second kappa shape index (κ2) is 6.37. The molecular formula is C23H24BrNO2. The van der Waals surface area contributed by atoms with Crippen LogP contribution in [0.15, 0.2) is 40.9 Å². The number of benzene rings is 2. The summed E-state index contributed by atoms with van der Waals surface area (Å²) in [6.45, 7) is 5.71. The van der Waals surface area contributed by atoms with E-state index in [4.69, 9.17) is 4.74 Å². The molecule has 27 heavy (non-hydrogen) atoms. The number of carbonyl (C=O) groups is 1. The van der Waals surface area contributed by atoms with Gasteiger partial charge in [-0.1, -0.05) is 34.1 Å². The number of halogens is 1. The highest BCUT2D eigenvalue weighted by molar-refractivity contribution is 9.10. The lowest BCUT2D eigenvalue weighted by atomic mass is 10.0. The fraction of sp³-hybridized carbons (Fsp3) is 0.435. The quantitative estimate of drug-likeness (QED) is 0.670. The molecule has 0 spiro atoms. The van der Waals surface area contributed by atoms with E-state index < -0.39 is 0 Å². The summed E-state index contributed by atoms with van der Waals surface area (Å²) in [4.78, 5) is 15.2. The average Bonchev–Trinajstić information content (AvgIpc) is 3.56. The van der Waals surface area contributed by atoms with Crippen LogP contribution in [-0.2, 0) is 4.79 Å². The lowest BCUT2D eigenvalue weighted by molar-refractivity contribution is -0.120. The minimum atomic E-state index is 0.109. The highest BCUT2D eigenvalue weighted by atomic mass is 79.9. The molecule has 2 aromatic carbocycles. The Morgan fingerprint density at radius 2 is 2.00 bits per heavy atom. The summed E-state index contributed by atoms with van der Waals surface area (Å²) < 4.78 is 7.20. The maximum atomic E-state index is 13.2. The molecule has 140 valence electrons. The molecule has 1 heterocycles. The maximum Gasteiger partial charge on any atom is 0.230 e. The van der Waals surface area contributed by atoms with Crippen molar-refractivity contribution in [2.45, 2.75) is 32.6 Å². The summed E-state index contributed by atoms with van der Waals surface area (Å²) in [5.41, 5.74) is 4.89. The van der Waals surface area contributed by atoms with Crippen molar-refractivity contribution in [3.05, 3.63) is 57.6 Å². The Kier molecular flexibility index (Phi) is 4.08. The van der Waals surface area contributed by atoms with Crippen LogP contribution in [0.4, 0.5) is 5.69 Å². The largest absolute Gasteiger partial charge is 0.493 e. The van der Waals surface area contributed by atoms with Gasteiger partial charge < -0.3 is 9.64 Å². The molecule has 0 N–H and O–H groups in total. The van der Waals surface area contributed by atoms with Crippen molar-refractivity contribution in [2.75, 3.05) is 18.1 Å². The van der Waals surface area contributed by atoms with Crippen LogP contribution in [0.25, 0.3) is 0 Å². The fourth-order valence-electron chi connectivity index (χ4n) is 4.48. The summed E-state index contributed by atoms with van der Waals surface area (Å²) in [5.74, 6) is 2.96. The smallest absolute Gasteiger partial charge is 0.230 e.